The smallest absolute Gasteiger partial charge is 0.223 e. The number of ether oxygens (including phenoxy) is 2. The van der Waals surface area contributed by atoms with E-state index in [0.717, 1.165) is 38.6 Å². The van der Waals surface area contributed by atoms with Crippen molar-refractivity contribution in [3.05, 3.63) is 23.8 Å². The molecule has 0 bridgehead atoms. The van der Waals surface area contributed by atoms with Crippen LogP contribution in [0.15, 0.2) is 18.2 Å². The monoisotopic (exact) mass is 360 g/mol. The highest BCUT2D eigenvalue weighted by molar-refractivity contribution is 5.98. The summed E-state index contributed by atoms with van der Waals surface area (Å²) in [4.78, 5) is 29.4. The minimum absolute atomic E-state index is 0.0475. The molecule has 1 saturated heterocycles. The van der Waals surface area contributed by atoms with Crippen LogP contribution in [0, 0.1) is 0 Å². The number of nitrogens with zero attached hydrogens (tertiary/aromatic N) is 2. The van der Waals surface area contributed by atoms with Gasteiger partial charge in [-0.25, -0.2) is 0 Å². The van der Waals surface area contributed by atoms with Gasteiger partial charge in [-0.1, -0.05) is 0 Å². The van der Waals surface area contributed by atoms with E-state index < -0.39 is 0 Å². The maximum Gasteiger partial charge on any atom is 0.223 e. The van der Waals surface area contributed by atoms with Crippen molar-refractivity contribution in [2.45, 2.75) is 38.1 Å². The minimum atomic E-state index is -0.0475. The summed E-state index contributed by atoms with van der Waals surface area (Å²) in [6, 6.07) is 5.85. The van der Waals surface area contributed by atoms with Gasteiger partial charge in [0.15, 0.2) is 17.3 Å². The largest absolute Gasteiger partial charge is 0.493 e. The van der Waals surface area contributed by atoms with Crippen LogP contribution in [-0.2, 0) is 4.79 Å². The van der Waals surface area contributed by atoms with Crippen molar-refractivity contribution in [1.29, 1.82) is 0 Å². The average molecular weight is 360 g/mol. The highest BCUT2D eigenvalue weighted by atomic mass is 16.5. The van der Waals surface area contributed by atoms with Gasteiger partial charge in [0.2, 0.25) is 5.91 Å². The van der Waals surface area contributed by atoms with Crippen LogP contribution in [0.3, 0.4) is 0 Å². The molecule has 1 aromatic carbocycles. The fourth-order valence-electron chi connectivity index (χ4n) is 3.52. The molecule has 1 aliphatic heterocycles. The van der Waals surface area contributed by atoms with Crippen molar-refractivity contribution in [2.24, 2.45) is 0 Å². The topological polar surface area (TPSA) is 59.1 Å². The first kappa shape index (κ1) is 18.7. The number of Topliss-reactive ketones (excluding diaryl/α,β-unsaturated/α-hetero) is 1. The highest BCUT2D eigenvalue weighted by Gasteiger charge is 2.30. The Morgan fingerprint density at radius 2 is 1.77 bits per heavy atom. The maximum absolute atomic E-state index is 12.5. The van der Waals surface area contributed by atoms with Crippen LogP contribution in [0.1, 0.15) is 42.5 Å². The molecule has 1 heterocycles. The zero-order valence-electron chi connectivity index (χ0n) is 15.7. The minimum Gasteiger partial charge on any atom is -0.493 e. The summed E-state index contributed by atoms with van der Waals surface area (Å²) >= 11 is 0. The molecule has 3 rings (SSSR count). The lowest BCUT2D eigenvalue weighted by Crippen LogP contribution is -2.35. The first-order valence-electron chi connectivity index (χ1n) is 9.39. The Morgan fingerprint density at radius 1 is 1.00 bits per heavy atom. The van der Waals surface area contributed by atoms with Gasteiger partial charge in [0.25, 0.3) is 0 Å². The van der Waals surface area contributed by atoms with E-state index in [0.29, 0.717) is 17.1 Å². The first-order chi connectivity index (χ1) is 12.6. The summed E-state index contributed by atoms with van der Waals surface area (Å²) < 4.78 is 10.4. The van der Waals surface area contributed by atoms with Gasteiger partial charge < -0.3 is 14.4 Å². The zero-order valence-corrected chi connectivity index (χ0v) is 15.7. The van der Waals surface area contributed by atoms with Crippen LogP contribution >= 0.6 is 0 Å². The van der Waals surface area contributed by atoms with Gasteiger partial charge in [0, 0.05) is 50.6 Å². The van der Waals surface area contributed by atoms with Crippen LogP contribution in [0.5, 0.6) is 11.5 Å². The molecule has 6 heteroatoms. The van der Waals surface area contributed by atoms with E-state index in [1.807, 2.05) is 4.90 Å². The molecule has 26 heavy (non-hydrogen) atoms. The van der Waals surface area contributed by atoms with Crippen LogP contribution in [0.25, 0.3) is 0 Å². The van der Waals surface area contributed by atoms with Crippen molar-refractivity contribution >= 4 is 11.7 Å². The summed E-state index contributed by atoms with van der Waals surface area (Å²) in [6.45, 7) is 3.62. The Morgan fingerprint density at radius 3 is 2.46 bits per heavy atom. The zero-order chi connectivity index (χ0) is 18.5. The molecule has 0 radical (unpaired) electrons. The lowest BCUT2D eigenvalue weighted by Gasteiger charge is -2.21. The van der Waals surface area contributed by atoms with Gasteiger partial charge in [-0.05, 0) is 37.5 Å². The number of hydrogen-bond donors (Lipinski definition) is 0. The molecule has 0 aromatic heterocycles. The van der Waals surface area contributed by atoms with Gasteiger partial charge in [-0.3, -0.25) is 14.5 Å². The summed E-state index contributed by atoms with van der Waals surface area (Å²) in [5.74, 6) is 1.15. The molecule has 0 unspecified atom stereocenters. The Balaban J connectivity index is 1.51. The molecule has 2 aliphatic rings. The van der Waals surface area contributed by atoms with Crippen LogP contribution in [0.4, 0.5) is 0 Å². The molecule has 1 aromatic rings. The van der Waals surface area contributed by atoms with Crippen LogP contribution < -0.4 is 9.47 Å². The SMILES string of the molecule is COc1ccc(C(=O)CCC(=O)N2CCCN(C3CC3)CC2)cc1OC. The average Bonchev–Trinajstić information content (AvgIpc) is 3.51. The number of rotatable bonds is 7. The van der Waals surface area contributed by atoms with E-state index in [9.17, 15) is 9.59 Å². The maximum atomic E-state index is 12.5. The number of hydrogen-bond acceptors (Lipinski definition) is 5. The fourth-order valence-corrected chi connectivity index (χ4v) is 3.52. The molecule has 0 atom stereocenters. The van der Waals surface area contributed by atoms with E-state index >= 15 is 0 Å². The molecule has 6 nitrogen and oxygen atoms in total. The van der Waals surface area contributed by atoms with E-state index in [1.165, 1.54) is 12.8 Å². The summed E-state index contributed by atoms with van der Waals surface area (Å²) in [7, 11) is 3.10. The number of ketones is 1. The Labute approximate surface area is 155 Å². The molecule has 142 valence electrons. The van der Waals surface area contributed by atoms with Gasteiger partial charge >= 0.3 is 0 Å². The van der Waals surface area contributed by atoms with Crippen molar-refractivity contribution in [1.82, 2.24) is 9.80 Å². The molecule has 1 aliphatic carbocycles. The predicted octanol–water partition coefficient (Wildman–Crippen LogP) is 2.36. The summed E-state index contributed by atoms with van der Waals surface area (Å²) in [6.07, 6.45) is 4.10. The number of methoxy groups -OCH3 is 2. The third-order valence-corrected chi connectivity index (χ3v) is 5.22. The molecule has 0 N–H and O–H groups in total. The second kappa shape index (κ2) is 8.54. The van der Waals surface area contributed by atoms with E-state index in [-0.39, 0.29) is 24.5 Å². The normalized spacial score (nSPS) is 18.3. The van der Waals surface area contributed by atoms with Crippen LogP contribution in [0.2, 0.25) is 0 Å². The van der Waals surface area contributed by atoms with E-state index in [4.69, 9.17) is 9.47 Å². The number of amides is 1. The summed E-state index contributed by atoms with van der Waals surface area (Å²) in [5.41, 5.74) is 0.547. The standard InChI is InChI=1S/C20H28N2O4/c1-25-18-8-4-15(14-19(18)26-2)17(23)7-9-20(24)22-11-3-10-21(12-13-22)16-5-6-16/h4,8,14,16H,3,5-7,9-13H2,1-2H3. The fraction of sp³-hybridized carbons (Fsp3) is 0.600. The lowest BCUT2D eigenvalue weighted by molar-refractivity contribution is -0.131. The lowest BCUT2D eigenvalue weighted by atomic mass is 10.1. The predicted molar refractivity (Wildman–Crippen MR) is 98.9 cm³/mol. The van der Waals surface area contributed by atoms with E-state index in [2.05, 4.69) is 4.90 Å². The van der Waals surface area contributed by atoms with Crippen molar-refractivity contribution in [3.8, 4) is 11.5 Å². The third kappa shape index (κ3) is 4.55. The second-order valence-electron chi connectivity index (χ2n) is 6.99. The van der Waals surface area contributed by atoms with Gasteiger partial charge in [0.1, 0.15) is 0 Å². The van der Waals surface area contributed by atoms with Crippen molar-refractivity contribution in [3.63, 3.8) is 0 Å². The molecule has 1 saturated carbocycles. The van der Waals surface area contributed by atoms with E-state index in [1.54, 1.807) is 32.4 Å². The van der Waals surface area contributed by atoms with Gasteiger partial charge in [-0.15, -0.1) is 0 Å². The molecule has 2 fully saturated rings. The number of carbonyl (C=O) groups excluding carboxylic acids is 2. The number of benzene rings is 1. The molecule has 1 amide bonds. The molecule has 0 spiro atoms. The van der Waals surface area contributed by atoms with Crippen molar-refractivity contribution < 1.29 is 19.1 Å². The quantitative estimate of drug-likeness (QED) is 0.699. The number of carbonyl (C=O) groups is 2. The molecular weight excluding hydrogens is 332 g/mol. The Hall–Kier alpha value is -2.08. The Bertz CT molecular complexity index is 657. The van der Waals surface area contributed by atoms with Gasteiger partial charge in [0.05, 0.1) is 14.2 Å². The second-order valence-corrected chi connectivity index (χ2v) is 6.99. The van der Waals surface area contributed by atoms with Crippen LogP contribution in [-0.4, -0.2) is 67.9 Å². The molecular formula is C20H28N2O4. The highest BCUT2D eigenvalue weighted by Crippen LogP contribution is 2.29. The van der Waals surface area contributed by atoms with Crippen molar-refractivity contribution in [2.75, 3.05) is 40.4 Å². The first-order valence-corrected chi connectivity index (χ1v) is 9.39. The van der Waals surface area contributed by atoms with Gasteiger partial charge in [-0.2, -0.15) is 0 Å². The Kier molecular flexibility index (Phi) is 6.14. The summed E-state index contributed by atoms with van der Waals surface area (Å²) in [5, 5.41) is 0. The third-order valence-electron chi connectivity index (χ3n) is 5.22.